The molecule has 1 N–H and O–H groups in total. The fraction of sp³-hybridized carbons (Fsp3) is 0.364. The van der Waals surface area contributed by atoms with Gasteiger partial charge in [0.15, 0.2) is 0 Å². The van der Waals surface area contributed by atoms with E-state index in [1.165, 1.54) is 0 Å². The van der Waals surface area contributed by atoms with Crippen LogP contribution in [0.5, 0.6) is 0 Å². The number of aromatic nitrogens is 2. The molecule has 1 amide bonds. The maximum Gasteiger partial charge on any atom is 0.255 e. The van der Waals surface area contributed by atoms with Crippen LogP contribution in [-0.2, 0) is 24.8 Å². The van der Waals surface area contributed by atoms with Crippen molar-refractivity contribution >= 4 is 16.8 Å². The molecule has 0 bridgehead atoms. The van der Waals surface area contributed by atoms with E-state index < -0.39 is 0 Å². The molecule has 1 fully saturated rings. The molecule has 0 spiro atoms. The van der Waals surface area contributed by atoms with Crippen LogP contribution in [0.3, 0.4) is 0 Å². The Morgan fingerprint density at radius 2 is 2.18 bits per heavy atom. The molecule has 1 atom stereocenters. The molecule has 1 aliphatic rings. The number of nitrogens with zero attached hydrogens (tertiary/aromatic N) is 3. The third kappa shape index (κ3) is 3.53. The Labute approximate surface area is 164 Å². The largest absolute Gasteiger partial charge is 0.392 e. The molecule has 28 heavy (non-hydrogen) atoms. The second kappa shape index (κ2) is 7.73. The SMILES string of the molecule is Cc1ccc(C(=O)N2CCOC[C@@H]2Cc2cn(C)c3ccc(CO)cc23)cn1. The Hall–Kier alpha value is -2.70. The second-order valence-electron chi connectivity index (χ2n) is 7.39. The van der Waals surface area contributed by atoms with Gasteiger partial charge in [0.2, 0.25) is 0 Å². The first kappa shape index (κ1) is 18.7. The molecule has 1 aromatic carbocycles. The number of fused-ring (bicyclic) bond motifs is 1. The number of benzene rings is 1. The summed E-state index contributed by atoms with van der Waals surface area (Å²) in [6, 6.07) is 9.67. The van der Waals surface area contributed by atoms with E-state index in [0.717, 1.165) is 27.7 Å². The van der Waals surface area contributed by atoms with Crippen LogP contribution in [0.4, 0.5) is 0 Å². The molecule has 1 saturated heterocycles. The molecular formula is C22H25N3O3. The summed E-state index contributed by atoms with van der Waals surface area (Å²) >= 11 is 0. The molecule has 1 aliphatic heterocycles. The van der Waals surface area contributed by atoms with E-state index >= 15 is 0 Å². The van der Waals surface area contributed by atoms with E-state index in [-0.39, 0.29) is 18.6 Å². The van der Waals surface area contributed by atoms with Crippen molar-refractivity contribution in [1.82, 2.24) is 14.5 Å². The summed E-state index contributed by atoms with van der Waals surface area (Å²) in [7, 11) is 2.02. The van der Waals surface area contributed by atoms with Gasteiger partial charge in [0, 0.05) is 42.6 Å². The minimum absolute atomic E-state index is 0.00270. The van der Waals surface area contributed by atoms with Crippen molar-refractivity contribution in [2.24, 2.45) is 7.05 Å². The highest BCUT2D eigenvalue weighted by atomic mass is 16.5. The summed E-state index contributed by atoms with van der Waals surface area (Å²) in [6.45, 7) is 3.56. The van der Waals surface area contributed by atoms with Gasteiger partial charge in [0.25, 0.3) is 5.91 Å². The molecule has 3 aromatic rings. The number of aryl methyl sites for hydroxylation is 2. The van der Waals surface area contributed by atoms with Crippen molar-refractivity contribution < 1.29 is 14.6 Å². The van der Waals surface area contributed by atoms with Gasteiger partial charge in [-0.1, -0.05) is 6.07 Å². The van der Waals surface area contributed by atoms with E-state index in [1.807, 2.05) is 49.2 Å². The van der Waals surface area contributed by atoms with E-state index in [2.05, 4.69) is 15.7 Å². The maximum atomic E-state index is 13.1. The summed E-state index contributed by atoms with van der Waals surface area (Å²) in [5.41, 5.74) is 4.66. The Bertz CT molecular complexity index is 994. The predicted molar refractivity (Wildman–Crippen MR) is 107 cm³/mol. The van der Waals surface area contributed by atoms with Crippen LogP contribution >= 0.6 is 0 Å². The van der Waals surface area contributed by atoms with Crippen molar-refractivity contribution in [1.29, 1.82) is 0 Å². The maximum absolute atomic E-state index is 13.1. The van der Waals surface area contributed by atoms with Crippen molar-refractivity contribution in [2.75, 3.05) is 19.8 Å². The van der Waals surface area contributed by atoms with Crippen LogP contribution in [0.1, 0.15) is 27.2 Å². The van der Waals surface area contributed by atoms with Crippen LogP contribution in [0.15, 0.2) is 42.7 Å². The lowest BCUT2D eigenvalue weighted by Crippen LogP contribution is -2.49. The summed E-state index contributed by atoms with van der Waals surface area (Å²) in [6.07, 6.45) is 4.46. The Morgan fingerprint density at radius 3 is 2.93 bits per heavy atom. The normalized spacial score (nSPS) is 17.2. The molecule has 0 radical (unpaired) electrons. The number of aliphatic hydroxyl groups excluding tert-OH is 1. The van der Waals surface area contributed by atoms with Gasteiger partial charge in [-0.3, -0.25) is 9.78 Å². The van der Waals surface area contributed by atoms with Crippen LogP contribution in [0.2, 0.25) is 0 Å². The van der Waals surface area contributed by atoms with Gasteiger partial charge in [-0.15, -0.1) is 0 Å². The van der Waals surface area contributed by atoms with Crippen LogP contribution < -0.4 is 0 Å². The number of rotatable bonds is 4. The third-order valence-electron chi connectivity index (χ3n) is 5.42. The predicted octanol–water partition coefficient (Wildman–Crippen LogP) is 2.46. The smallest absolute Gasteiger partial charge is 0.255 e. The minimum atomic E-state index is -0.0362. The van der Waals surface area contributed by atoms with Crippen molar-refractivity contribution in [2.45, 2.75) is 26.0 Å². The lowest BCUT2D eigenvalue weighted by molar-refractivity contribution is -0.00158. The second-order valence-corrected chi connectivity index (χ2v) is 7.39. The Balaban J connectivity index is 1.63. The van der Waals surface area contributed by atoms with E-state index in [1.54, 1.807) is 6.20 Å². The van der Waals surface area contributed by atoms with Gasteiger partial charge in [-0.2, -0.15) is 0 Å². The average Bonchev–Trinajstić information content (AvgIpc) is 3.03. The number of carbonyl (C=O) groups is 1. The highest BCUT2D eigenvalue weighted by molar-refractivity contribution is 5.94. The molecule has 146 valence electrons. The zero-order valence-corrected chi connectivity index (χ0v) is 16.3. The molecule has 3 heterocycles. The Kier molecular flexibility index (Phi) is 5.15. The van der Waals surface area contributed by atoms with Gasteiger partial charge < -0.3 is 19.3 Å². The quantitative estimate of drug-likeness (QED) is 0.756. The van der Waals surface area contributed by atoms with E-state index in [0.29, 0.717) is 31.7 Å². The van der Waals surface area contributed by atoms with Gasteiger partial charge in [0.1, 0.15) is 0 Å². The molecule has 2 aromatic heterocycles. The third-order valence-corrected chi connectivity index (χ3v) is 5.42. The van der Waals surface area contributed by atoms with Gasteiger partial charge in [0.05, 0.1) is 31.4 Å². The van der Waals surface area contributed by atoms with Crippen molar-refractivity contribution in [3.63, 3.8) is 0 Å². The number of carbonyl (C=O) groups excluding carboxylic acids is 1. The number of morpholine rings is 1. The number of amides is 1. The summed E-state index contributed by atoms with van der Waals surface area (Å²) in [5.74, 6) is -0.00270. The topological polar surface area (TPSA) is 67.6 Å². The minimum Gasteiger partial charge on any atom is -0.392 e. The number of ether oxygens (including phenoxy) is 1. The lowest BCUT2D eigenvalue weighted by atomic mass is 10.0. The van der Waals surface area contributed by atoms with Crippen LogP contribution in [0, 0.1) is 6.92 Å². The number of aliphatic hydroxyl groups is 1. The molecule has 0 aliphatic carbocycles. The van der Waals surface area contributed by atoms with Gasteiger partial charge in [-0.25, -0.2) is 0 Å². The van der Waals surface area contributed by atoms with Crippen molar-refractivity contribution in [3.05, 3.63) is 65.1 Å². The lowest BCUT2D eigenvalue weighted by Gasteiger charge is -2.35. The first-order valence-electron chi connectivity index (χ1n) is 9.56. The highest BCUT2D eigenvalue weighted by Gasteiger charge is 2.29. The standard InChI is InChI=1S/C22H25N3O3/c1-15-3-5-17(11-23-15)22(27)25-7-8-28-14-19(25)10-18-12-24(2)21-6-4-16(13-26)9-20(18)21/h3-6,9,11-12,19,26H,7-8,10,13-14H2,1-2H3/t19-/m0/s1. The van der Waals surface area contributed by atoms with Crippen LogP contribution in [-0.4, -0.2) is 51.3 Å². The first-order valence-corrected chi connectivity index (χ1v) is 9.56. The molecule has 6 nitrogen and oxygen atoms in total. The molecule has 0 unspecified atom stereocenters. The van der Waals surface area contributed by atoms with Gasteiger partial charge >= 0.3 is 0 Å². The molecular weight excluding hydrogens is 354 g/mol. The fourth-order valence-corrected chi connectivity index (χ4v) is 3.89. The Morgan fingerprint density at radius 1 is 1.32 bits per heavy atom. The highest BCUT2D eigenvalue weighted by Crippen LogP contribution is 2.26. The summed E-state index contributed by atoms with van der Waals surface area (Å²) in [4.78, 5) is 19.2. The fourth-order valence-electron chi connectivity index (χ4n) is 3.89. The van der Waals surface area contributed by atoms with E-state index in [9.17, 15) is 9.90 Å². The number of hydrogen-bond donors (Lipinski definition) is 1. The number of hydrogen-bond acceptors (Lipinski definition) is 4. The zero-order valence-electron chi connectivity index (χ0n) is 16.3. The monoisotopic (exact) mass is 379 g/mol. The number of pyridine rings is 1. The van der Waals surface area contributed by atoms with Gasteiger partial charge in [-0.05, 0) is 48.7 Å². The molecule has 0 saturated carbocycles. The van der Waals surface area contributed by atoms with E-state index in [4.69, 9.17) is 4.74 Å². The summed E-state index contributed by atoms with van der Waals surface area (Å²) in [5, 5.41) is 10.6. The average molecular weight is 379 g/mol. The molecule has 6 heteroatoms. The molecule has 4 rings (SSSR count). The van der Waals surface area contributed by atoms with Crippen molar-refractivity contribution in [3.8, 4) is 0 Å². The van der Waals surface area contributed by atoms with Crippen LogP contribution in [0.25, 0.3) is 10.9 Å². The zero-order chi connectivity index (χ0) is 19.7. The first-order chi connectivity index (χ1) is 13.6. The summed E-state index contributed by atoms with van der Waals surface area (Å²) < 4.78 is 7.79.